The summed E-state index contributed by atoms with van der Waals surface area (Å²) >= 11 is 0. The van der Waals surface area contributed by atoms with Gasteiger partial charge in [0.15, 0.2) is 0 Å². The van der Waals surface area contributed by atoms with Gasteiger partial charge in [-0.3, -0.25) is 0 Å². The lowest BCUT2D eigenvalue weighted by Gasteiger charge is -2.30. The Morgan fingerprint density at radius 3 is 3.20 bits per heavy atom. The van der Waals surface area contributed by atoms with E-state index >= 15 is 0 Å². The fourth-order valence-electron chi connectivity index (χ4n) is 2.39. The Bertz CT molecular complexity index is 307. The molecule has 1 aromatic heterocycles. The predicted molar refractivity (Wildman–Crippen MR) is 62.0 cm³/mol. The number of imidazole rings is 1. The van der Waals surface area contributed by atoms with Crippen LogP contribution >= 0.6 is 0 Å². The molecule has 1 N–H and O–H groups in total. The van der Waals surface area contributed by atoms with E-state index in [0.29, 0.717) is 0 Å². The van der Waals surface area contributed by atoms with E-state index in [1.54, 1.807) is 0 Å². The molecular formula is C11H20N4. The van der Waals surface area contributed by atoms with Crippen molar-refractivity contribution in [1.29, 1.82) is 0 Å². The van der Waals surface area contributed by atoms with Crippen molar-refractivity contribution in [2.45, 2.75) is 19.4 Å². The molecule has 84 valence electrons. The molecule has 1 fully saturated rings. The van der Waals surface area contributed by atoms with Crippen LogP contribution in [0.5, 0.6) is 0 Å². The van der Waals surface area contributed by atoms with Crippen LogP contribution in [-0.4, -0.2) is 41.6 Å². The second-order valence-corrected chi connectivity index (χ2v) is 4.42. The maximum Gasteiger partial charge on any atom is 0.202 e. The summed E-state index contributed by atoms with van der Waals surface area (Å²) in [6.07, 6.45) is 6.58. The molecule has 0 spiro atoms. The summed E-state index contributed by atoms with van der Waals surface area (Å²) in [5.74, 6) is 1.74. The van der Waals surface area contributed by atoms with Gasteiger partial charge in [-0.25, -0.2) is 4.98 Å². The van der Waals surface area contributed by atoms with Crippen LogP contribution in [0.15, 0.2) is 12.4 Å². The van der Waals surface area contributed by atoms with Crippen LogP contribution in [0.3, 0.4) is 0 Å². The van der Waals surface area contributed by atoms with Crippen molar-refractivity contribution in [3.8, 4) is 0 Å². The van der Waals surface area contributed by atoms with Crippen molar-refractivity contribution in [1.82, 2.24) is 14.5 Å². The van der Waals surface area contributed by atoms with Gasteiger partial charge in [0.1, 0.15) is 0 Å². The molecule has 15 heavy (non-hydrogen) atoms. The summed E-state index contributed by atoms with van der Waals surface area (Å²) in [7, 11) is 4.13. The zero-order valence-corrected chi connectivity index (χ0v) is 9.61. The monoisotopic (exact) mass is 208 g/mol. The summed E-state index contributed by atoms with van der Waals surface area (Å²) in [5.41, 5.74) is 0. The first-order valence-electron chi connectivity index (χ1n) is 5.67. The summed E-state index contributed by atoms with van der Waals surface area (Å²) in [5, 5.41) is 3.11. The van der Waals surface area contributed by atoms with Crippen molar-refractivity contribution in [2.24, 2.45) is 5.92 Å². The Hall–Kier alpha value is -1.03. The number of anilines is 1. The van der Waals surface area contributed by atoms with E-state index in [1.807, 2.05) is 13.2 Å². The van der Waals surface area contributed by atoms with E-state index in [4.69, 9.17) is 0 Å². The second kappa shape index (κ2) is 4.66. The molecule has 1 atom stereocenters. The first-order valence-corrected chi connectivity index (χ1v) is 5.67. The standard InChI is InChI=1S/C11H20N4/c1-12-11-13-5-7-15(11)9-10-4-3-6-14(2)8-10/h5,7,10H,3-4,6,8-9H2,1-2H3,(H,12,13). The lowest BCUT2D eigenvalue weighted by atomic mass is 9.98. The SMILES string of the molecule is CNc1nccn1CC1CCCN(C)C1. The van der Waals surface area contributed by atoms with Gasteiger partial charge in [0.25, 0.3) is 0 Å². The fourth-order valence-corrected chi connectivity index (χ4v) is 2.39. The number of piperidine rings is 1. The van der Waals surface area contributed by atoms with Crippen LogP contribution in [0.2, 0.25) is 0 Å². The van der Waals surface area contributed by atoms with Crippen LogP contribution in [0.1, 0.15) is 12.8 Å². The average molecular weight is 208 g/mol. The van der Waals surface area contributed by atoms with E-state index in [-0.39, 0.29) is 0 Å². The molecule has 1 aromatic rings. The summed E-state index contributed by atoms with van der Waals surface area (Å²) in [6, 6.07) is 0. The molecule has 4 heteroatoms. The molecule has 1 aliphatic rings. The highest BCUT2D eigenvalue weighted by Crippen LogP contribution is 2.18. The molecule has 1 saturated heterocycles. The van der Waals surface area contributed by atoms with Gasteiger partial charge in [-0.1, -0.05) is 0 Å². The van der Waals surface area contributed by atoms with E-state index < -0.39 is 0 Å². The van der Waals surface area contributed by atoms with Crippen molar-refractivity contribution in [2.75, 3.05) is 32.5 Å². The van der Waals surface area contributed by atoms with Gasteiger partial charge >= 0.3 is 0 Å². The molecular weight excluding hydrogens is 188 g/mol. The number of hydrogen-bond donors (Lipinski definition) is 1. The Morgan fingerprint density at radius 2 is 2.47 bits per heavy atom. The molecule has 0 aromatic carbocycles. The third-order valence-corrected chi connectivity index (χ3v) is 3.12. The lowest BCUT2D eigenvalue weighted by Crippen LogP contribution is -2.34. The Labute approximate surface area is 91.3 Å². The van der Waals surface area contributed by atoms with Crippen LogP contribution in [0.25, 0.3) is 0 Å². The lowest BCUT2D eigenvalue weighted by molar-refractivity contribution is 0.195. The average Bonchev–Trinajstić information content (AvgIpc) is 2.65. The number of rotatable bonds is 3. The topological polar surface area (TPSA) is 33.1 Å². The minimum absolute atomic E-state index is 0.769. The Balaban J connectivity index is 1.96. The normalized spacial score (nSPS) is 22.9. The predicted octanol–water partition coefficient (Wildman–Crippen LogP) is 1.27. The van der Waals surface area contributed by atoms with Gasteiger partial charge in [-0.2, -0.15) is 0 Å². The highest BCUT2D eigenvalue weighted by molar-refractivity contribution is 5.24. The number of nitrogens with one attached hydrogen (secondary N) is 1. The highest BCUT2D eigenvalue weighted by Gasteiger charge is 2.18. The van der Waals surface area contributed by atoms with Gasteiger partial charge in [-0.15, -0.1) is 0 Å². The minimum atomic E-state index is 0.769. The number of hydrogen-bond acceptors (Lipinski definition) is 3. The van der Waals surface area contributed by atoms with Crippen LogP contribution < -0.4 is 5.32 Å². The molecule has 4 nitrogen and oxygen atoms in total. The highest BCUT2D eigenvalue weighted by atomic mass is 15.2. The van der Waals surface area contributed by atoms with Gasteiger partial charge in [0.2, 0.25) is 5.95 Å². The quantitative estimate of drug-likeness (QED) is 0.812. The molecule has 0 saturated carbocycles. The van der Waals surface area contributed by atoms with Crippen molar-refractivity contribution in [3.05, 3.63) is 12.4 Å². The maximum atomic E-state index is 4.26. The van der Waals surface area contributed by atoms with Gasteiger partial charge < -0.3 is 14.8 Å². The molecule has 2 rings (SSSR count). The second-order valence-electron chi connectivity index (χ2n) is 4.42. The van der Waals surface area contributed by atoms with Gasteiger partial charge in [0.05, 0.1) is 0 Å². The third-order valence-electron chi connectivity index (χ3n) is 3.12. The number of nitrogens with zero attached hydrogens (tertiary/aromatic N) is 3. The largest absolute Gasteiger partial charge is 0.359 e. The first-order chi connectivity index (χ1) is 7.29. The van der Waals surface area contributed by atoms with Gasteiger partial charge in [0, 0.05) is 32.5 Å². The summed E-state index contributed by atoms with van der Waals surface area (Å²) < 4.78 is 2.21. The molecule has 0 radical (unpaired) electrons. The minimum Gasteiger partial charge on any atom is -0.359 e. The van der Waals surface area contributed by atoms with Crippen LogP contribution in [0.4, 0.5) is 5.95 Å². The van der Waals surface area contributed by atoms with Crippen molar-refractivity contribution >= 4 is 5.95 Å². The van der Waals surface area contributed by atoms with Crippen LogP contribution in [-0.2, 0) is 6.54 Å². The molecule has 1 unspecified atom stereocenters. The number of aromatic nitrogens is 2. The van der Waals surface area contributed by atoms with E-state index in [9.17, 15) is 0 Å². The number of likely N-dealkylation sites (tertiary alicyclic amines) is 1. The Kier molecular flexibility index (Phi) is 3.26. The van der Waals surface area contributed by atoms with E-state index in [0.717, 1.165) is 18.4 Å². The first kappa shape index (κ1) is 10.5. The van der Waals surface area contributed by atoms with Crippen molar-refractivity contribution in [3.63, 3.8) is 0 Å². The Morgan fingerprint density at radius 1 is 1.60 bits per heavy atom. The van der Waals surface area contributed by atoms with E-state index in [1.165, 1.54) is 25.9 Å². The zero-order valence-electron chi connectivity index (χ0n) is 9.61. The molecule has 2 heterocycles. The zero-order chi connectivity index (χ0) is 10.7. The summed E-state index contributed by atoms with van der Waals surface area (Å²) in [4.78, 5) is 6.68. The van der Waals surface area contributed by atoms with Gasteiger partial charge in [-0.05, 0) is 32.4 Å². The molecule has 0 bridgehead atoms. The molecule has 0 aliphatic carbocycles. The van der Waals surface area contributed by atoms with E-state index in [2.05, 4.69) is 33.0 Å². The molecule has 0 amide bonds. The van der Waals surface area contributed by atoms with Crippen LogP contribution in [0, 0.1) is 5.92 Å². The third kappa shape index (κ3) is 2.50. The van der Waals surface area contributed by atoms with Crippen molar-refractivity contribution < 1.29 is 0 Å². The smallest absolute Gasteiger partial charge is 0.202 e. The summed E-state index contributed by atoms with van der Waals surface area (Å²) in [6.45, 7) is 3.54. The fraction of sp³-hybridized carbons (Fsp3) is 0.727. The molecule has 1 aliphatic heterocycles. The maximum absolute atomic E-state index is 4.26.